The van der Waals surface area contributed by atoms with E-state index < -0.39 is 0 Å². The van der Waals surface area contributed by atoms with Crippen molar-refractivity contribution in [2.24, 2.45) is 5.92 Å². The number of aliphatic hydroxyl groups is 1. The number of hydrogen-bond donors (Lipinski definition) is 1. The normalized spacial score (nSPS) is 20.1. The van der Waals surface area contributed by atoms with Crippen LogP contribution in [-0.2, 0) is 0 Å². The zero-order valence-corrected chi connectivity index (χ0v) is 12.6. The maximum absolute atomic E-state index is 13.8. The molecular weight excluding hydrogens is 253 g/mol. The Kier molecular flexibility index (Phi) is 5.55. The Morgan fingerprint density at radius 1 is 1.25 bits per heavy atom. The summed E-state index contributed by atoms with van der Waals surface area (Å²) in [6.07, 6.45) is 5.72. The van der Waals surface area contributed by atoms with E-state index in [1.54, 1.807) is 6.07 Å². The fraction of sp³-hybridized carbons (Fsp3) is 0.647. The summed E-state index contributed by atoms with van der Waals surface area (Å²) in [4.78, 5) is 2.05. The second kappa shape index (κ2) is 7.19. The van der Waals surface area contributed by atoms with Gasteiger partial charge in [-0.15, -0.1) is 0 Å². The van der Waals surface area contributed by atoms with E-state index in [0.717, 1.165) is 12.8 Å². The van der Waals surface area contributed by atoms with E-state index in [4.69, 9.17) is 0 Å². The Morgan fingerprint density at radius 3 is 2.55 bits per heavy atom. The fourth-order valence-electron chi connectivity index (χ4n) is 3.17. The van der Waals surface area contributed by atoms with Gasteiger partial charge in [-0.3, -0.25) is 4.90 Å². The molecule has 0 bridgehead atoms. The van der Waals surface area contributed by atoms with Crippen LogP contribution < -0.4 is 0 Å². The summed E-state index contributed by atoms with van der Waals surface area (Å²) < 4.78 is 13.8. The molecule has 0 spiro atoms. The van der Waals surface area contributed by atoms with Crippen LogP contribution >= 0.6 is 0 Å². The number of hydrogen-bond acceptors (Lipinski definition) is 2. The van der Waals surface area contributed by atoms with Crippen LogP contribution in [0.4, 0.5) is 4.39 Å². The smallest absolute Gasteiger partial charge is 0.127 e. The van der Waals surface area contributed by atoms with Gasteiger partial charge < -0.3 is 5.11 Å². The zero-order chi connectivity index (χ0) is 14.5. The molecule has 1 fully saturated rings. The number of likely N-dealkylation sites (N-methyl/N-ethyl adjacent to an activating group) is 1. The third-order valence-corrected chi connectivity index (χ3v) is 4.69. The Labute approximate surface area is 121 Å². The molecule has 1 aromatic carbocycles. The molecular formula is C17H26FNO. The number of aliphatic hydroxyl groups excluding tert-OH is 1. The van der Waals surface area contributed by atoms with E-state index >= 15 is 0 Å². The predicted octanol–water partition coefficient (Wildman–Crippen LogP) is 3.76. The minimum absolute atomic E-state index is 0.0190. The molecule has 0 aromatic heterocycles. The SMILES string of the molecule is CC(c1ccccc1F)N(C)CC(O)C1CCCCC1. The van der Waals surface area contributed by atoms with Gasteiger partial charge in [-0.05, 0) is 38.8 Å². The van der Waals surface area contributed by atoms with Crippen molar-refractivity contribution in [2.75, 3.05) is 13.6 Å². The Bertz CT molecular complexity index is 417. The van der Waals surface area contributed by atoms with Crippen molar-refractivity contribution in [1.29, 1.82) is 0 Å². The first-order chi connectivity index (χ1) is 9.59. The molecule has 2 atom stereocenters. The monoisotopic (exact) mass is 279 g/mol. The summed E-state index contributed by atoms with van der Waals surface area (Å²) in [5, 5.41) is 10.4. The highest BCUT2D eigenvalue weighted by Crippen LogP contribution is 2.28. The van der Waals surface area contributed by atoms with Crippen LogP contribution in [0, 0.1) is 11.7 Å². The maximum Gasteiger partial charge on any atom is 0.127 e. The Morgan fingerprint density at radius 2 is 1.90 bits per heavy atom. The summed E-state index contributed by atoms with van der Waals surface area (Å²) in [6, 6.07) is 6.87. The van der Waals surface area contributed by atoms with E-state index in [0.29, 0.717) is 18.0 Å². The van der Waals surface area contributed by atoms with Gasteiger partial charge in [-0.2, -0.15) is 0 Å². The first-order valence-electron chi connectivity index (χ1n) is 7.72. The molecule has 0 radical (unpaired) electrons. The maximum atomic E-state index is 13.8. The highest BCUT2D eigenvalue weighted by Gasteiger charge is 2.25. The van der Waals surface area contributed by atoms with Gasteiger partial charge >= 0.3 is 0 Å². The summed E-state index contributed by atoms with van der Waals surface area (Å²) in [7, 11) is 1.96. The standard InChI is InChI=1S/C17H26FNO/c1-13(15-10-6-7-11-16(15)18)19(2)12-17(20)14-8-4-3-5-9-14/h6-7,10-11,13-14,17,20H,3-5,8-9,12H2,1-2H3. The molecule has 0 heterocycles. The molecule has 1 aliphatic rings. The van der Waals surface area contributed by atoms with Gasteiger partial charge in [0.15, 0.2) is 0 Å². The molecule has 1 saturated carbocycles. The molecule has 3 heteroatoms. The number of nitrogens with zero attached hydrogens (tertiary/aromatic N) is 1. The lowest BCUT2D eigenvalue weighted by molar-refractivity contribution is 0.0446. The molecule has 20 heavy (non-hydrogen) atoms. The zero-order valence-electron chi connectivity index (χ0n) is 12.6. The summed E-state index contributed by atoms with van der Waals surface area (Å²) in [6.45, 7) is 2.60. The minimum atomic E-state index is -0.297. The first-order valence-corrected chi connectivity index (χ1v) is 7.72. The van der Waals surface area contributed by atoms with Gasteiger partial charge in [0, 0.05) is 18.2 Å². The Hall–Kier alpha value is -0.930. The lowest BCUT2D eigenvalue weighted by Crippen LogP contribution is -2.36. The quantitative estimate of drug-likeness (QED) is 0.887. The van der Waals surface area contributed by atoms with Gasteiger partial charge in [0.2, 0.25) is 0 Å². The first kappa shape index (κ1) is 15.5. The van der Waals surface area contributed by atoms with Crippen molar-refractivity contribution in [3.63, 3.8) is 0 Å². The van der Waals surface area contributed by atoms with Crippen molar-refractivity contribution >= 4 is 0 Å². The molecule has 0 aliphatic heterocycles. The van der Waals surface area contributed by atoms with E-state index in [1.807, 2.05) is 26.1 Å². The average molecular weight is 279 g/mol. The lowest BCUT2D eigenvalue weighted by Gasteiger charge is -2.32. The van der Waals surface area contributed by atoms with Crippen LogP contribution in [-0.4, -0.2) is 29.7 Å². The molecule has 2 rings (SSSR count). The molecule has 1 aliphatic carbocycles. The number of halogens is 1. The van der Waals surface area contributed by atoms with Crippen molar-refractivity contribution in [1.82, 2.24) is 4.90 Å². The fourth-order valence-corrected chi connectivity index (χ4v) is 3.17. The second-order valence-corrected chi connectivity index (χ2v) is 6.10. The van der Waals surface area contributed by atoms with Crippen LogP contribution in [0.2, 0.25) is 0 Å². The van der Waals surface area contributed by atoms with E-state index in [2.05, 4.69) is 4.90 Å². The highest BCUT2D eigenvalue weighted by atomic mass is 19.1. The van der Waals surface area contributed by atoms with Gasteiger partial charge in [0.25, 0.3) is 0 Å². The molecule has 0 amide bonds. The van der Waals surface area contributed by atoms with Gasteiger partial charge in [-0.1, -0.05) is 37.5 Å². The third kappa shape index (κ3) is 3.80. The average Bonchev–Trinajstić information content (AvgIpc) is 2.48. The predicted molar refractivity (Wildman–Crippen MR) is 80.0 cm³/mol. The highest BCUT2D eigenvalue weighted by molar-refractivity contribution is 5.20. The van der Waals surface area contributed by atoms with Crippen LogP contribution in [0.5, 0.6) is 0 Å². The van der Waals surface area contributed by atoms with Crippen LogP contribution in [0.15, 0.2) is 24.3 Å². The van der Waals surface area contributed by atoms with Crippen LogP contribution in [0.25, 0.3) is 0 Å². The van der Waals surface area contributed by atoms with E-state index in [-0.39, 0.29) is 18.0 Å². The number of rotatable bonds is 5. The molecule has 112 valence electrons. The van der Waals surface area contributed by atoms with Gasteiger partial charge in [0.1, 0.15) is 5.82 Å². The van der Waals surface area contributed by atoms with Crippen molar-refractivity contribution in [3.8, 4) is 0 Å². The van der Waals surface area contributed by atoms with Gasteiger partial charge in [-0.25, -0.2) is 4.39 Å². The van der Waals surface area contributed by atoms with Crippen molar-refractivity contribution in [3.05, 3.63) is 35.6 Å². The summed E-state index contributed by atoms with van der Waals surface area (Å²) in [5.74, 6) is 0.248. The van der Waals surface area contributed by atoms with E-state index in [9.17, 15) is 9.50 Å². The molecule has 1 aromatic rings. The Balaban J connectivity index is 1.93. The van der Waals surface area contributed by atoms with Crippen LogP contribution in [0.3, 0.4) is 0 Å². The minimum Gasteiger partial charge on any atom is -0.392 e. The largest absolute Gasteiger partial charge is 0.392 e. The summed E-state index contributed by atoms with van der Waals surface area (Å²) in [5.41, 5.74) is 0.700. The molecule has 2 unspecified atom stereocenters. The van der Waals surface area contributed by atoms with Crippen molar-refractivity contribution in [2.45, 2.75) is 51.2 Å². The third-order valence-electron chi connectivity index (χ3n) is 4.69. The topological polar surface area (TPSA) is 23.5 Å². The van der Waals surface area contributed by atoms with Crippen molar-refractivity contribution < 1.29 is 9.50 Å². The molecule has 1 N–H and O–H groups in total. The molecule has 0 saturated heterocycles. The molecule has 2 nitrogen and oxygen atoms in total. The lowest BCUT2D eigenvalue weighted by atomic mass is 9.85. The second-order valence-electron chi connectivity index (χ2n) is 6.10. The van der Waals surface area contributed by atoms with E-state index in [1.165, 1.54) is 25.3 Å². The van der Waals surface area contributed by atoms with Crippen LogP contribution in [0.1, 0.15) is 50.6 Å². The number of benzene rings is 1. The van der Waals surface area contributed by atoms with Gasteiger partial charge in [0.05, 0.1) is 6.10 Å². The summed E-state index contributed by atoms with van der Waals surface area (Å²) >= 11 is 0.